The molecule has 0 radical (unpaired) electrons. The average molecular weight is 473 g/mol. The van der Waals surface area contributed by atoms with Crippen LogP contribution in [0.3, 0.4) is 0 Å². The van der Waals surface area contributed by atoms with Crippen LogP contribution in [0.2, 0.25) is 5.02 Å². The van der Waals surface area contributed by atoms with Crippen molar-refractivity contribution in [2.24, 2.45) is 0 Å². The number of carbonyl (C=O) groups is 1. The molecule has 0 unspecified atom stereocenters. The molecule has 0 aromatic heterocycles. The molecule has 1 atom stereocenters. The molecule has 1 aliphatic heterocycles. The van der Waals surface area contributed by atoms with Crippen molar-refractivity contribution in [3.8, 4) is 11.5 Å². The van der Waals surface area contributed by atoms with Gasteiger partial charge in [-0.1, -0.05) is 35.9 Å². The van der Waals surface area contributed by atoms with Gasteiger partial charge in [0.25, 0.3) is 15.9 Å². The third-order valence-corrected chi connectivity index (χ3v) is 6.91. The van der Waals surface area contributed by atoms with E-state index in [2.05, 4.69) is 5.32 Å². The highest BCUT2D eigenvalue weighted by molar-refractivity contribution is 7.92. The number of halogens is 1. The fraction of sp³-hybridized carbons (Fsp3) is 0.174. The van der Waals surface area contributed by atoms with E-state index in [0.29, 0.717) is 27.9 Å². The summed E-state index contributed by atoms with van der Waals surface area (Å²) in [4.78, 5) is 12.3. The number of amides is 1. The maximum Gasteiger partial charge on any atom is 0.264 e. The van der Waals surface area contributed by atoms with Gasteiger partial charge in [0.15, 0.2) is 6.61 Å². The van der Waals surface area contributed by atoms with Crippen LogP contribution in [0.25, 0.3) is 0 Å². The SMILES string of the molecule is C[C@@H]1CN(S(=O)(=O)c2ccc(NC(=O)COc3ccccc3Cl)cc2)c2ccccc2O1. The van der Waals surface area contributed by atoms with Crippen molar-refractivity contribution in [3.63, 3.8) is 0 Å². The second kappa shape index (κ2) is 9.10. The van der Waals surface area contributed by atoms with Crippen LogP contribution >= 0.6 is 11.6 Å². The van der Waals surface area contributed by atoms with Crippen LogP contribution in [0.5, 0.6) is 11.5 Å². The zero-order valence-electron chi connectivity index (χ0n) is 17.2. The number of benzene rings is 3. The maximum absolute atomic E-state index is 13.3. The molecule has 0 aliphatic carbocycles. The number of rotatable bonds is 6. The van der Waals surface area contributed by atoms with E-state index < -0.39 is 15.9 Å². The Morgan fingerprint density at radius 2 is 1.78 bits per heavy atom. The van der Waals surface area contributed by atoms with Crippen molar-refractivity contribution in [2.75, 3.05) is 22.8 Å². The average Bonchev–Trinajstić information content (AvgIpc) is 2.78. The number of sulfonamides is 1. The van der Waals surface area contributed by atoms with Gasteiger partial charge in [0.1, 0.15) is 17.6 Å². The lowest BCUT2D eigenvalue weighted by atomic mass is 10.2. The largest absolute Gasteiger partial charge is 0.487 e. The Balaban J connectivity index is 1.45. The molecule has 0 fully saturated rings. The standard InChI is InChI=1S/C23H21ClN2O5S/c1-16-14-26(20-7-3-5-9-22(20)31-16)32(28,29)18-12-10-17(11-13-18)25-23(27)15-30-21-8-4-2-6-19(21)24/h2-13,16H,14-15H2,1H3,(H,25,27)/t16-/m1/s1. The Labute approximate surface area is 191 Å². The van der Waals surface area contributed by atoms with Gasteiger partial charge in [-0.15, -0.1) is 0 Å². The molecule has 3 aromatic rings. The number of hydrogen-bond donors (Lipinski definition) is 1. The summed E-state index contributed by atoms with van der Waals surface area (Å²) in [6, 6.07) is 19.9. The zero-order valence-corrected chi connectivity index (χ0v) is 18.8. The van der Waals surface area contributed by atoms with Gasteiger partial charge in [-0.3, -0.25) is 9.10 Å². The molecule has 7 nitrogen and oxygen atoms in total. The predicted octanol–water partition coefficient (Wildman–Crippen LogP) is 4.33. The Bertz CT molecular complexity index is 1230. The second-order valence-corrected chi connectivity index (χ2v) is 9.49. The van der Waals surface area contributed by atoms with Gasteiger partial charge in [-0.05, 0) is 55.5 Å². The van der Waals surface area contributed by atoms with Crippen molar-refractivity contribution in [1.29, 1.82) is 0 Å². The van der Waals surface area contributed by atoms with Crippen LogP contribution in [0.1, 0.15) is 6.92 Å². The minimum absolute atomic E-state index is 0.117. The highest BCUT2D eigenvalue weighted by atomic mass is 35.5. The molecule has 0 saturated carbocycles. The third kappa shape index (κ3) is 4.66. The molecule has 32 heavy (non-hydrogen) atoms. The second-order valence-electron chi connectivity index (χ2n) is 7.22. The van der Waals surface area contributed by atoms with E-state index in [1.165, 1.54) is 28.6 Å². The molecule has 0 bridgehead atoms. The van der Waals surface area contributed by atoms with Crippen molar-refractivity contribution in [3.05, 3.63) is 77.8 Å². The van der Waals surface area contributed by atoms with Crippen molar-refractivity contribution in [2.45, 2.75) is 17.9 Å². The molecular weight excluding hydrogens is 452 g/mol. The van der Waals surface area contributed by atoms with Crippen molar-refractivity contribution in [1.82, 2.24) is 0 Å². The third-order valence-electron chi connectivity index (χ3n) is 4.81. The van der Waals surface area contributed by atoms with E-state index in [1.807, 2.05) is 6.92 Å². The fourth-order valence-electron chi connectivity index (χ4n) is 3.32. The first-order valence-electron chi connectivity index (χ1n) is 9.90. The number of anilines is 2. The molecule has 9 heteroatoms. The lowest BCUT2D eigenvalue weighted by Gasteiger charge is -2.34. The van der Waals surface area contributed by atoms with Crippen molar-refractivity contribution >= 4 is 38.9 Å². The van der Waals surface area contributed by atoms with Crippen LogP contribution in [0.15, 0.2) is 77.7 Å². The van der Waals surface area contributed by atoms with Gasteiger partial charge in [-0.2, -0.15) is 0 Å². The number of ether oxygens (including phenoxy) is 2. The zero-order chi connectivity index (χ0) is 22.7. The molecule has 0 spiro atoms. The molecule has 1 N–H and O–H groups in total. The molecule has 0 saturated heterocycles. The van der Waals surface area contributed by atoms with E-state index in [0.717, 1.165) is 0 Å². The van der Waals surface area contributed by atoms with Crippen LogP contribution < -0.4 is 19.1 Å². The van der Waals surface area contributed by atoms with Gasteiger partial charge in [-0.25, -0.2) is 8.42 Å². The van der Waals surface area contributed by atoms with Crippen molar-refractivity contribution < 1.29 is 22.7 Å². The molecular formula is C23H21ClN2O5S. The monoisotopic (exact) mass is 472 g/mol. The Morgan fingerprint density at radius 1 is 1.09 bits per heavy atom. The minimum atomic E-state index is -3.80. The Kier molecular flexibility index (Phi) is 6.25. The number of fused-ring (bicyclic) bond motifs is 1. The number of nitrogens with one attached hydrogen (secondary N) is 1. The summed E-state index contributed by atoms with van der Waals surface area (Å²) in [5.41, 5.74) is 0.951. The number of nitrogens with zero attached hydrogens (tertiary/aromatic N) is 1. The summed E-state index contributed by atoms with van der Waals surface area (Å²) in [6.45, 7) is 1.80. The van der Waals surface area contributed by atoms with E-state index >= 15 is 0 Å². The highest BCUT2D eigenvalue weighted by Crippen LogP contribution is 2.36. The topological polar surface area (TPSA) is 84.9 Å². The Hall–Kier alpha value is -3.23. The maximum atomic E-state index is 13.3. The lowest BCUT2D eigenvalue weighted by Crippen LogP contribution is -2.42. The first-order valence-corrected chi connectivity index (χ1v) is 11.7. The lowest BCUT2D eigenvalue weighted by molar-refractivity contribution is -0.118. The molecule has 3 aromatic carbocycles. The summed E-state index contributed by atoms with van der Waals surface area (Å²) in [5, 5.41) is 3.09. The molecule has 166 valence electrons. The predicted molar refractivity (Wildman–Crippen MR) is 123 cm³/mol. The van der Waals surface area contributed by atoms with Gasteiger partial charge in [0.05, 0.1) is 22.2 Å². The quantitative estimate of drug-likeness (QED) is 0.577. The first-order chi connectivity index (χ1) is 15.3. The highest BCUT2D eigenvalue weighted by Gasteiger charge is 2.32. The Morgan fingerprint density at radius 3 is 2.53 bits per heavy atom. The van der Waals surface area contributed by atoms with E-state index in [-0.39, 0.29) is 24.2 Å². The van der Waals surface area contributed by atoms with Gasteiger partial charge >= 0.3 is 0 Å². The van der Waals surface area contributed by atoms with E-state index in [4.69, 9.17) is 21.1 Å². The summed E-state index contributed by atoms with van der Waals surface area (Å²) < 4.78 is 39.0. The normalized spacial score (nSPS) is 15.4. The number of hydrogen-bond acceptors (Lipinski definition) is 5. The van der Waals surface area contributed by atoms with Gasteiger partial charge < -0.3 is 14.8 Å². The molecule has 1 heterocycles. The van der Waals surface area contributed by atoms with Gasteiger partial charge in [0.2, 0.25) is 0 Å². The fourth-order valence-corrected chi connectivity index (χ4v) is 5.06. The summed E-state index contributed by atoms with van der Waals surface area (Å²) in [7, 11) is -3.80. The smallest absolute Gasteiger partial charge is 0.264 e. The summed E-state index contributed by atoms with van der Waals surface area (Å²) in [5.74, 6) is 0.541. The minimum Gasteiger partial charge on any atom is -0.487 e. The van der Waals surface area contributed by atoms with Gasteiger partial charge in [0, 0.05) is 5.69 Å². The first kappa shape index (κ1) is 22.0. The summed E-state index contributed by atoms with van der Waals surface area (Å²) >= 11 is 6.01. The molecule has 1 aliphatic rings. The van der Waals surface area contributed by atoms with Crippen LogP contribution in [0.4, 0.5) is 11.4 Å². The van der Waals surface area contributed by atoms with Crippen LogP contribution in [0, 0.1) is 0 Å². The number of para-hydroxylation sites is 3. The van der Waals surface area contributed by atoms with E-state index in [1.54, 1.807) is 48.5 Å². The summed E-state index contributed by atoms with van der Waals surface area (Å²) in [6.07, 6.45) is -0.281. The van der Waals surface area contributed by atoms with E-state index in [9.17, 15) is 13.2 Å². The molecule has 4 rings (SSSR count). The van der Waals surface area contributed by atoms with Crippen LogP contribution in [-0.4, -0.2) is 33.6 Å². The van der Waals surface area contributed by atoms with Crippen LogP contribution in [-0.2, 0) is 14.8 Å². The molecule has 1 amide bonds. The number of carbonyl (C=O) groups excluding carboxylic acids is 1.